The topological polar surface area (TPSA) is 123 Å². The number of hydrogen-bond donors (Lipinski definition) is 3. The molecule has 0 aliphatic carbocycles. The Morgan fingerprint density at radius 1 is 1.12 bits per heavy atom. The van der Waals surface area contributed by atoms with Gasteiger partial charge in [-0.1, -0.05) is 25.1 Å². The maximum Gasteiger partial charge on any atom is 0.268 e. The molecule has 0 aromatic heterocycles. The molecule has 3 N–H and O–H groups in total. The number of likely N-dealkylation sites (tertiary alicyclic amines) is 1. The van der Waals surface area contributed by atoms with Crippen LogP contribution < -0.4 is 15.1 Å². The molecule has 1 spiro atoms. The molecule has 4 aliphatic rings. The number of nitrogens with zero attached hydrogens (tertiary/aromatic N) is 3. The lowest BCUT2D eigenvalue weighted by molar-refractivity contribution is -0.149. The van der Waals surface area contributed by atoms with E-state index in [-0.39, 0.29) is 43.3 Å². The number of aliphatic hydroxyl groups is 1. The first-order valence-corrected chi connectivity index (χ1v) is 18.0. The minimum atomic E-state index is -2.97. The van der Waals surface area contributed by atoms with E-state index in [1.54, 1.807) is 14.7 Å². The second kappa shape index (κ2) is 10.9. The van der Waals surface area contributed by atoms with Crippen molar-refractivity contribution in [3.05, 3.63) is 54.1 Å². The number of piperazine rings is 1. The molecule has 0 radical (unpaired) electrons. The number of carbonyl (C=O) groups excluding carboxylic acids is 3. The van der Waals surface area contributed by atoms with E-state index in [1.165, 1.54) is 0 Å². The second-order valence-electron chi connectivity index (χ2n) is 12.5. The Bertz CT molecular complexity index is 1380. The van der Waals surface area contributed by atoms with Gasteiger partial charge in [0.1, 0.15) is 0 Å². The average Bonchev–Trinajstić information content (AvgIpc) is 3.63. The third-order valence-electron chi connectivity index (χ3n) is 9.58. The first kappa shape index (κ1) is 29.0. The first-order chi connectivity index (χ1) is 20.1. The van der Waals surface area contributed by atoms with Crippen LogP contribution in [-0.2, 0) is 24.7 Å². The van der Waals surface area contributed by atoms with Gasteiger partial charge >= 0.3 is 0 Å². The van der Waals surface area contributed by atoms with E-state index in [4.69, 9.17) is 4.74 Å². The number of fused-ring (bicyclic) bond motifs is 2. The van der Waals surface area contributed by atoms with Crippen LogP contribution >= 0.6 is 0 Å². The number of anilines is 3. The number of aliphatic hydroxyl groups excluding tert-OH is 1. The minimum absolute atomic E-state index is 0.0220. The lowest BCUT2D eigenvalue weighted by atomic mass is 9.82. The molecule has 0 saturated carbocycles. The number of rotatable bonds is 6. The Balaban J connectivity index is 1.45. The van der Waals surface area contributed by atoms with E-state index in [1.807, 2.05) is 68.5 Å². The molecule has 4 aliphatic heterocycles. The third kappa shape index (κ3) is 4.58. The zero-order valence-electron chi connectivity index (χ0n) is 24.5. The molecular formula is C31H40N4O6Si. The van der Waals surface area contributed by atoms with Crippen molar-refractivity contribution in [2.24, 2.45) is 5.92 Å². The standard InChI is InChI=1S/C31H40N4O6Si/c1-20-29(42(2,3)40)26(17-27(37)33-14-7-10-23(33)19-36)41-31(20)24-16-22(34-15-13-32-18-28(34)38)11-12-25(24)35(30(31)39)21-8-5-4-6-9-21/h4-6,8-9,11-12,16,20,23,26,29,32,36,40H,7,10,13-15,17-19H2,1-3H3/t20-,23+,26+,29-,31+/m1/s1. The van der Waals surface area contributed by atoms with Crippen LogP contribution in [0.2, 0.25) is 18.6 Å². The SMILES string of the molecule is C[C@@H]1[C@@H]([Si](C)(C)O)[C@H](CC(=O)N2CCC[C@H]2CO)O[C@@]12C(=O)N(c1ccccc1)c1ccc(N3CCNCC3=O)cc12. The summed E-state index contributed by atoms with van der Waals surface area (Å²) in [5, 5.41) is 12.9. The summed E-state index contributed by atoms with van der Waals surface area (Å²) in [5.74, 6) is -0.875. The van der Waals surface area contributed by atoms with Crippen molar-refractivity contribution in [2.75, 3.05) is 42.6 Å². The van der Waals surface area contributed by atoms with Crippen molar-refractivity contribution in [3.8, 4) is 0 Å². The van der Waals surface area contributed by atoms with E-state index < -0.39 is 31.5 Å². The molecular weight excluding hydrogens is 552 g/mol. The van der Waals surface area contributed by atoms with Gasteiger partial charge in [0.25, 0.3) is 5.91 Å². The van der Waals surface area contributed by atoms with Gasteiger partial charge in [-0.2, -0.15) is 0 Å². The normalized spacial score (nSPS) is 29.6. The fourth-order valence-corrected chi connectivity index (χ4v) is 10.3. The predicted octanol–water partition coefficient (Wildman–Crippen LogP) is 2.47. The number of carbonyl (C=O) groups is 3. The van der Waals surface area contributed by atoms with Crippen LogP contribution in [0.15, 0.2) is 48.5 Å². The van der Waals surface area contributed by atoms with Crippen LogP contribution in [0.25, 0.3) is 0 Å². The lowest BCUT2D eigenvalue weighted by Crippen LogP contribution is -2.48. The number of nitrogens with one attached hydrogen (secondary N) is 1. The molecule has 11 heteroatoms. The molecule has 6 rings (SSSR count). The molecule has 0 unspecified atom stereocenters. The summed E-state index contributed by atoms with van der Waals surface area (Å²) in [6.07, 6.45) is 0.922. The highest BCUT2D eigenvalue weighted by molar-refractivity contribution is 6.71. The van der Waals surface area contributed by atoms with Gasteiger partial charge in [0, 0.05) is 48.0 Å². The molecule has 3 amide bonds. The van der Waals surface area contributed by atoms with Crippen molar-refractivity contribution < 1.29 is 29.0 Å². The Morgan fingerprint density at radius 3 is 2.57 bits per heavy atom. The van der Waals surface area contributed by atoms with Gasteiger partial charge in [-0.15, -0.1) is 0 Å². The van der Waals surface area contributed by atoms with Crippen molar-refractivity contribution >= 4 is 43.1 Å². The molecule has 2 aromatic rings. The van der Waals surface area contributed by atoms with Crippen LogP contribution in [0.5, 0.6) is 0 Å². The Labute approximate surface area is 247 Å². The zero-order chi connectivity index (χ0) is 29.8. The smallest absolute Gasteiger partial charge is 0.268 e. The average molecular weight is 593 g/mol. The molecule has 5 atom stereocenters. The van der Waals surface area contributed by atoms with Crippen LogP contribution in [0.1, 0.15) is 31.7 Å². The number of ether oxygens (including phenoxy) is 1. The minimum Gasteiger partial charge on any atom is -0.432 e. The summed E-state index contributed by atoms with van der Waals surface area (Å²) in [5.41, 5.74) is 0.864. The summed E-state index contributed by atoms with van der Waals surface area (Å²) in [4.78, 5) is 57.8. The summed E-state index contributed by atoms with van der Waals surface area (Å²) in [6.45, 7) is 7.53. The largest absolute Gasteiger partial charge is 0.432 e. The summed E-state index contributed by atoms with van der Waals surface area (Å²) in [6, 6.07) is 14.8. The highest BCUT2D eigenvalue weighted by Crippen LogP contribution is 2.61. The molecule has 2 aromatic carbocycles. The monoisotopic (exact) mass is 592 g/mol. The van der Waals surface area contributed by atoms with Gasteiger partial charge in [-0.3, -0.25) is 19.3 Å². The van der Waals surface area contributed by atoms with Gasteiger partial charge in [-0.05, 0) is 56.3 Å². The van der Waals surface area contributed by atoms with Gasteiger partial charge in [0.2, 0.25) is 11.8 Å². The van der Waals surface area contributed by atoms with E-state index in [0.29, 0.717) is 42.3 Å². The highest BCUT2D eigenvalue weighted by Gasteiger charge is 2.67. The van der Waals surface area contributed by atoms with E-state index >= 15 is 0 Å². The molecule has 224 valence electrons. The summed E-state index contributed by atoms with van der Waals surface area (Å²) in [7, 11) is -2.97. The van der Waals surface area contributed by atoms with E-state index in [0.717, 1.165) is 12.8 Å². The Morgan fingerprint density at radius 2 is 1.88 bits per heavy atom. The predicted molar refractivity (Wildman–Crippen MR) is 161 cm³/mol. The van der Waals surface area contributed by atoms with Crippen LogP contribution in [0.4, 0.5) is 17.1 Å². The van der Waals surface area contributed by atoms with Gasteiger partial charge in [0.15, 0.2) is 13.9 Å². The number of hydrogen-bond acceptors (Lipinski definition) is 7. The molecule has 3 saturated heterocycles. The molecule has 4 heterocycles. The van der Waals surface area contributed by atoms with Crippen LogP contribution in [0.3, 0.4) is 0 Å². The lowest BCUT2D eigenvalue weighted by Gasteiger charge is -2.33. The van der Waals surface area contributed by atoms with Crippen molar-refractivity contribution in [2.45, 2.75) is 62.6 Å². The molecule has 3 fully saturated rings. The molecule has 0 bridgehead atoms. The van der Waals surface area contributed by atoms with E-state index in [2.05, 4.69) is 5.32 Å². The highest BCUT2D eigenvalue weighted by atomic mass is 28.4. The van der Waals surface area contributed by atoms with Crippen LogP contribution in [0, 0.1) is 5.92 Å². The fraction of sp³-hybridized carbons (Fsp3) is 0.516. The molecule has 10 nitrogen and oxygen atoms in total. The van der Waals surface area contributed by atoms with E-state index in [9.17, 15) is 24.3 Å². The second-order valence-corrected chi connectivity index (χ2v) is 16.5. The number of amides is 3. The maximum atomic E-state index is 14.7. The Hall–Kier alpha value is -3.09. The van der Waals surface area contributed by atoms with Crippen LogP contribution in [-0.4, -0.2) is 85.8 Å². The van der Waals surface area contributed by atoms with Gasteiger partial charge < -0.3 is 29.8 Å². The number of benzene rings is 2. The fourth-order valence-electron chi connectivity index (χ4n) is 7.71. The zero-order valence-corrected chi connectivity index (χ0v) is 25.5. The van der Waals surface area contributed by atoms with Gasteiger partial charge in [-0.25, -0.2) is 0 Å². The Kier molecular flexibility index (Phi) is 7.51. The number of para-hydroxylation sites is 1. The van der Waals surface area contributed by atoms with Gasteiger partial charge in [0.05, 0.1) is 37.4 Å². The van der Waals surface area contributed by atoms with Crippen molar-refractivity contribution in [1.82, 2.24) is 10.2 Å². The summed E-state index contributed by atoms with van der Waals surface area (Å²) >= 11 is 0. The maximum absolute atomic E-state index is 14.7. The van der Waals surface area contributed by atoms with Crippen molar-refractivity contribution in [3.63, 3.8) is 0 Å². The first-order valence-electron chi connectivity index (χ1n) is 14.9. The third-order valence-corrected chi connectivity index (χ3v) is 12.1. The summed E-state index contributed by atoms with van der Waals surface area (Å²) < 4.78 is 6.88. The molecule has 42 heavy (non-hydrogen) atoms. The quantitative estimate of drug-likeness (QED) is 0.441. The van der Waals surface area contributed by atoms with Crippen molar-refractivity contribution in [1.29, 1.82) is 0 Å².